The van der Waals surface area contributed by atoms with Gasteiger partial charge in [0.05, 0.1) is 4.90 Å². The van der Waals surface area contributed by atoms with E-state index in [9.17, 15) is 18.0 Å². The molecule has 1 amide bonds. The van der Waals surface area contributed by atoms with Gasteiger partial charge in [-0.05, 0) is 36.0 Å². The van der Waals surface area contributed by atoms with Gasteiger partial charge in [0.25, 0.3) is 5.91 Å². The number of sulfonamides is 1. The van der Waals surface area contributed by atoms with Gasteiger partial charge < -0.3 is 9.64 Å². The van der Waals surface area contributed by atoms with Gasteiger partial charge in [-0.25, -0.2) is 13.6 Å². The average molecular weight is 399 g/mol. The van der Waals surface area contributed by atoms with Crippen LogP contribution in [0.3, 0.4) is 0 Å². The van der Waals surface area contributed by atoms with E-state index in [1.54, 1.807) is 17.0 Å². The van der Waals surface area contributed by atoms with Crippen LogP contribution in [0.2, 0.25) is 0 Å². The number of carbonyl (C=O) groups excluding carboxylic acids is 2. The zero-order valence-corrected chi connectivity index (χ0v) is 17.3. The van der Waals surface area contributed by atoms with Crippen LogP contribution in [0.1, 0.15) is 39.7 Å². The van der Waals surface area contributed by atoms with E-state index in [1.807, 2.05) is 27.7 Å². The van der Waals surface area contributed by atoms with Crippen LogP contribution >= 0.6 is 0 Å². The molecular weight excluding hydrogens is 368 g/mol. The maximum Gasteiger partial charge on any atom is 0.306 e. The molecule has 0 heterocycles. The van der Waals surface area contributed by atoms with Gasteiger partial charge in [-0.15, -0.1) is 0 Å². The van der Waals surface area contributed by atoms with Gasteiger partial charge in [-0.3, -0.25) is 9.59 Å². The maximum absolute atomic E-state index is 12.3. The molecule has 0 unspecified atom stereocenters. The van der Waals surface area contributed by atoms with Gasteiger partial charge >= 0.3 is 5.97 Å². The molecule has 1 aromatic carbocycles. The van der Waals surface area contributed by atoms with Crippen molar-refractivity contribution in [1.82, 2.24) is 4.90 Å². The molecule has 0 spiro atoms. The van der Waals surface area contributed by atoms with Gasteiger partial charge in [0, 0.05) is 19.5 Å². The molecule has 0 saturated carbocycles. The highest BCUT2D eigenvalue weighted by Crippen LogP contribution is 2.11. The van der Waals surface area contributed by atoms with E-state index in [2.05, 4.69) is 0 Å². The van der Waals surface area contributed by atoms with E-state index in [1.165, 1.54) is 12.1 Å². The number of rotatable bonds is 10. The highest BCUT2D eigenvalue weighted by atomic mass is 32.2. The second-order valence-corrected chi connectivity index (χ2v) is 9.00. The molecule has 7 nitrogen and oxygen atoms in total. The van der Waals surface area contributed by atoms with E-state index >= 15 is 0 Å². The number of carbonyl (C=O) groups is 2. The third kappa shape index (κ3) is 9.01. The first-order valence-electron chi connectivity index (χ1n) is 9.04. The summed E-state index contributed by atoms with van der Waals surface area (Å²) in [5.41, 5.74) is 0.784. The number of hydrogen-bond acceptors (Lipinski definition) is 5. The smallest absolute Gasteiger partial charge is 0.306 e. The molecule has 1 aromatic rings. The van der Waals surface area contributed by atoms with Crippen molar-refractivity contribution in [1.29, 1.82) is 0 Å². The first-order valence-corrected chi connectivity index (χ1v) is 10.6. The summed E-state index contributed by atoms with van der Waals surface area (Å²) >= 11 is 0. The zero-order valence-electron chi connectivity index (χ0n) is 16.5. The topological polar surface area (TPSA) is 107 Å². The third-order valence-electron chi connectivity index (χ3n) is 3.75. The highest BCUT2D eigenvalue weighted by molar-refractivity contribution is 7.89. The molecule has 8 heteroatoms. The summed E-state index contributed by atoms with van der Waals surface area (Å²) in [6.45, 7) is 9.14. The monoisotopic (exact) mass is 398 g/mol. The Kier molecular flexibility index (Phi) is 8.92. The summed E-state index contributed by atoms with van der Waals surface area (Å²) in [4.78, 5) is 26.0. The second kappa shape index (κ2) is 10.4. The van der Waals surface area contributed by atoms with Crippen LogP contribution < -0.4 is 5.14 Å². The number of amides is 1. The molecule has 0 fully saturated rings. The predicted octanol–water partition coefficient (Wildman–Crippen LogP) is 1.95. The van der Waals surface area contributed by atoms with Crippen molar-refractivity contribution in [2.45, 2.75) is 45.4 Å². The van der Waals surface area contributed by atoms with Gasteiger partial charge in [0.15, 0.2) is 6.61 Å². The molecule has 1 rings (SSSR count). The summed E-state index contributed by atoms with van der Waals surface area (Å²) in [6.07, 6.45) is 0.496. The number of nitrogens with zero attached hydrogens (tertiary/aromatic N) is 1. The summed E-state index contributed by atoms with van der Waals surface area (Å²) in [5.74, 6) is 0.0172. The quantitative estimate of drug-likeness (QED) is 0.606. The fraction of sp³-hybridized carbons (Fsp3) is 0.579. The predicted molar refractivity (Wildman–Crippen MR) is 103 cm³/mol. The van der Waals surface area contributed by atoms with Crippen molar-refractivity contribution in [3.63, 3.8) is 0 Å². The Morgan fingerprint density at radius 3 is 2.00 bits per heavy atom. The van der Waals surface area contributed by atoms with Crippen molar-refractivity contribution in [3.05, 3.63) is 29.8 Å². The van der Waals surface area contributed by atoms with Crippen LogP contribution in [-0.2, 0) is 30.8 Å². The Hall–Kier alpha value is -1.93. The number of primary sulfonamides is 1. The van der Waals surface area contributed by atoms with Crippen molar-refractivity contribution < 1.29 is 22.7 Å². The van der Waals surface area contributed by atoms with Crippen LogP contribution in [0.25, 0.3) is 0 Å². The maximum atomic E-state index is 12.3. The van der Waals surface area contributed by atoms with E-state index in [4.69, 9.17) is 9.88 Å². The molecule has 0 aliphatic heterocycles. The van der Waals surface area contributed by atoms with Gasteiger partial charge in [-0.2, -0.15) is 0 Å². The highest BCUT2D eigenvalue weighted by Gasteiger charge is 2.18. The zero-order chi connectivity index (χ0) is 20.6. The Morgan fingerprint density at radius 1 is 1.04 bits per heavy atom. The lowest BCUT2D eigenvalue weighted by Gasteiger charge is -2.26. The summed E-state index contributed by atoms with van der Waals surface area (Å²) in [6, 6.07) is 6.00. The molecule has 0 aliphatic carbocycles. The van der Waals surface area contributed by atoms with Gasteiger partial charge in [0.1, 0.15) is 0 Å². The largest absolute Gasteiger partial charge is 0.456 e. The van der Waals surface area contributed by atoms with E-state index < -0.39 is 16.0 Å². The second-order valence-electron chi connectivity index (χ2n) is 7.44. The lowest BCUT2D eigenvalue weighted by molar-refractivity contribution is -0.152. The number of hydrogen-bond donors (Lipinski definition) is 1. The number of esters is 1. The summed E-state index contributed by atoms with van der Waals surface area (Å²) in [5, 5.41) is 5.04. The lowest BCUT2D eigenvalue weighted by Crippen LogP contribution is -2.39. The van der Waals surface area contributed by atoms with Crippen LogP contribution in [0.5, 0.6) is 0 Å². The Labute approximate surface area is 161 Å². The fourth-order valence-corrected chi connectivity index (χ4v) is 3.07. The molecule has 2 N–H and O–H groups in total. The molecule has 0 aromatic heterocycles. The average Bonchev–Trinajstić information content (AvgIpc) is 2.56. The number of benzene rings is 1. The molecule has 0 radical (unpaired) electrons. The molecule has 0 aliphatic rings. The van der Waals surface area contributed by atoms with Gasteiger partial charge in [-0.1, -0.05) is 39.8 Å². The first kappa shape index (κ1) is 23.1. The standard InChI is InChI=1S/C19H30N2O5S/c1-14(2)11-21(12-15(3)4)18(22)13-26-19(23)10-7-16-5-8-17(9-6-16)27(20,24)25/h5-6,8-9,14-15H,7,10-13H2,1-4H3,(H2,20,24,25). The first-order chi connectivity index (χ1) is 12.5. The Balaban J connectivity index is 2.48. The molecule has 0 saturated heterocycles. The van der Waals surface area contributed by atoms with Crippen LogP contribution in [-0.4, -0.2) is 44.9 Å². The van der Waals surface area contributed by atoms with Crippen molar-refractivity contribution in [2.75, 3.05) is 19.7 Å². The SMILES string of the molecule is CC(C)CN(CC(C)C)C(=O)COC(=O)CCc1ccc(S(N)(=O)=O)cc1. The minimum atomic E-state index is -3.73. The van der Waals surface area contributed by atoms with Crippen molar-refractivity contribution in [3.8, 4) is 0 Å². The lowest BCUT2D eigenvalue weighted by atomic mass is 10.1. The number of aryl methyl sites for hydroxylation is 1. The van der Waals surface area contributed by atoms with E-state index in [0.717, 1.165) is 5.56 Å². The molecule has 27 heavy (non-hydrogen) atoms. The van der Waals surface area contributed by atoms with Crippen LogP contribution in [0, 0.1) is 11.8 Å². The van der Waals surface area contributed by atoms with Crippen LogP contribution in [0.4, 0.5) is 0 Å². The van der Waals surface area contributed by atoms with Crippen molar-refractivity contribution >= 4 is 21.9 Å². The third-order valence-corrected chi connectivity index (χ3v) is 4.68. The molecule has 0 bridgehead atoms. The summed E-state index contributed by atoms with van der Waals surface area (Å²) < 4.78 is 27.5. The Bertz CT molecular complexity index is 717. The molecule has 152 valence electrons. The normalized spacial score (nSPS) is 11.7. The number of nitrogens with two attached hydrogens (primary N) is 1. The Morgan fingerprint density at radius 2 is 1.56 bits per heavy atom. The molecule has 0 atom stereocenters. The fourth-order valence-electron chi connectivity index (χ4n) is 2.56. The minimum absolute atomic E-state index is 0.0230. The molecular formula is C19H30N2O5S. The van der Waals surface area contributed by atoms with Crippen LogP contribution in [0.15, 0.2) is 29.2 Å². The van der Waals surface area contributed by atoms with E-state index in [-0.39, 0.29) is 23.8 Å². The minimum Gasteiger partial charge on any atom is -0.456 e. The number of ether oxygens (including phenoxy) is 1. The van der Waals surface area contributed by atoms with Gasteiger partial charge in [0.2, 0.25) is 10.0 Å². The summed E-state index contributed by atoms with van der Waals surface area (Å²) in [7, 11) is -3.73. The van der Waals surface area contributed by atoms with E-state index in [0.29, 0.717) is 31.3 Å². The van der Waals surface area contributed by atoms with Crippen molar-refractivity contribution in [2.24, 2.45) is 17.0 Å².